The third kappa shape index (κ3) is 5.33. The highest BCUT2D eigenvalue weighted by Crippen LogP contribution is 2.20. The van der Waals surface area contributed by atoms with Gasteiger partial charge in [0.25, 0.3) is 0 Å². The van der Waals surface area contributed by atoms with Gasteiger partial charge in [-0.2, -0.15) is 0 Å². The molecule has 0 bridgehead atoms. The molecule has 0 radical (unpaired) electrons. The molecule has 5 heteroatoms. The molecule has 1 rings (SSSR count). The second-order valence-corrected chi connectivity index (χ2v) is 4.54. The summed E-state index contributed by atoms with van der Waals surface area (Å²) in [5.41, 5.74) is 0.870. The second kappa shape index (κ2) is 8.45. The summed E-state index contributed by atoms with van der Waals surface area (Å²) in [6.07, 6.45) is 0.563. The fourth-order valence-corrected chi connectivity index (χ4v) is 1.91. The van der Waals surface area contributed by atoms with Gasteiger partial charge in [-0.3, -0.25) is 0 Å². The second-order valence-electron chi connectivity index (χ2n) is 3.68. The lowest BCUT2D eigenvalue weighted by molar-refractivity contribution is -0.137. The van der Waals surface area contributed by atoms with Crippen molar-refractivity contribution >= 4 is 21.6 Å². The molecule has 0 aromatic heterocycles. The van der Waals surface area contributed by atoms with Gasteiger partial charge in [-0.1, -0.05) is 0 Å². The van der Waals surface area contributed by atoms with Crippen LogP contribution in [0.1, 0.15) is 20.3 Å². The normalized spacial score (nSPS) is 10.9. The fraction of sp³-hybridized carbons (Fsp3) is 0.538. The van der Waals surface area contributed by atoms with Crippen LogP contribution in [0.5, 0.6) is 0 Å². The van der Waals surface area contributed by atoms with Gasteiger partial charge in [-0.15, -0.1) is 0 Å². The van der Waals surface area contributed by atoms with Gasteiger partial charge in [-0.05, 0) is 48.0 Å². The van der Waals surface area contributed by atoms with Gasteiger partial charge in [-0.25, -0.2) is 4.39 Å². The van der Waals surface area contributed by atoms with E-state index in [2.05, 4.69) is 21.2 Å². The van der Waals surface area contributed by atoms with Crippen molar-refractivity contribution in [2.75, 3.05) is 25.1 Å². The number of hydrogen-bond donors (Lipinski definition) is 1. The molecule has 102 valence electrons. The number of halogens is 2. The molecule has 0 aliphatic heterocycles. The Morgan fingerprint density at radius 3 is 2.50 bits per heavy atom. The molecule has 0 aliphatic carbocycles. The summed E-state index contributed by atoms with van der Waals surface area (Å²) < 4.78 is 24.4. The Morgan fingerprint density at radius 2 is 1.94 bits per heavy atom. The molecule has 3 nitrogen and oxygen atoms in total. The maximum atomic E-state index is 13.0. The summed E-state index contributed by atoms with van der Waals surface area (Å²) in [7, 11) is 0. The monoisotopic (exact) mass is 319 g/mol. The highest BCUT2D eigenvalue weighted by atomic mass is 79.9. The Kier molecular flexibility index (Phi) is 7.23. The molecule has 0 spiro atoms. The Hall–Kier alpha value is -0.650. The third-order valence-corrected chi connectivity index (χ3v) is 2.94. The molecule has 1 aromatic rings. The zero-order valence-electron chi connectivity index (χ0n) is 10.7. The Morgan fingerprint density at radius 1 is 1.28 bits per heavy atom. The van der Waals surface area contributed by atoms with Crippen molar-refractivity contribution in [3.05, 3.63) is 28.5 Å². The van der Waals surface area contributed by atoms with Crippen LogP contribution >= 0.6 is 15.9 Å². The highest BCUT2D eigenvalue weighted by Gasteiger charge is 2.07. The first kappa shape index (κ1) is 15.4. The molecule has 1 aromatic carbocycles. The first-order valence-corrected chi connectivity index (χ1v) is 6.88. The van der Waals surface area contributed by atoms with Gasteiger partial charge >= 0.3 is 0 Å². The van der Waals surface area contributed by atoms with Crippen LogP contribution in [-0.2, 0) is 9.47 Å². The summed E-state index contributed by atoms with van der Waals surface area (Å²) in [6.45, 7) is 5.86. The van der Waals surface area contributed by atoms with Crippen molar-refractivity contribution in [2.45, 2.75) is 26.6 Å². The van der Waals surface area contributed by atoms with Crippen molar-refractivity contribution in [2.24, 2.45) is 0 Å². The predicted molar refractivity (Wildman–Crippen MR) is 74.2 cm³/mol. The standard InChI is InChI=1S/C13H19BrFNO2/c1-3-17-13(18-4-2)7-8-16-10-5-6-12(15)11(14)9-10/h5-6,9,13,16H,3-4,7-8H2,1-2H3. The minimum Gasteiger partial charge on any atom is -0.385 e. The number of anilines is 1. The molecule has 0 amide bonds. The lowest BCUT2D eigenvalue weighted by Gasteiger charge is -2.17. The average Bonchev–Trinajstić information content (AvgIpc) is 2.34. The highest BCUT2D eigenvalue weighted by molar-refractivity contribution is 9.10. The van der Waals surface area contributed by atoms with Gasteiger partial charge in [0.1, 0.15) is 5.82 Å². The quantitative estimate of drug-likeness (QED) is 0.739. The van der Waals surface area contributed by atoms with Gasteiger partial charge in [0.2, 0.25) is 0 Å². The molecule has 0 saturated carbocycles. The number of hydrogen-bond acceptors (Lipinski definition) is 3. The van der Waals surface area contributed by atoms with Crippen molar-refractivity contribution < 1.29 is 13.9 Å². The van der Waals surface area contributed by atoms with Gasteiger partial charge in [0, 0.05) is 31.9 Å². The summed E-state index contributed by atoms with van der Waals surface area (Å²) in [6, 6.07) is 4.84. The van der Waals surface area contributed by atoms with E-state index in [0.717, 1.165) is 12.1 Å². The Labute approximate surface area is 116 Å². The van der Waals surface area contributed by atoms with Crippen LogP contribution in [0.25, 0.3) is 0 Å². The van der Waals surface area contributed by atoms with Gasteiger partial charge in [0.15, 0.2) is 6.29 Å². The number of rotatable bonds is 8. The van der Waals surface area contributed by atoms with Crippen LogP contribution in [0.15, 0.2) is 22.7 Å². The number of ether oxygens (including phenoxy) is 2. The van der Waals surface area contributed by atoms with E-state index < -0.39 is 0 Å². The molecule has 18 heavy (non-hydrogen) atoms. The minimum atomic E-state index is -0.262. The van der Waals surface area contributed by atoms with Crippen LogP contribution in [0, 0.1) is 5.82 Å². The number of benzene rings is 1. The van der Waals surface area contributed by atoms with E-state index in [4.69, 9.17) is 9.47 Å². The molecular weight excluding hydrogens is 301 g/mol. The van der Waals surface area contributed by atoms with Crippen molar-refractivity contribution in [3.8, 4) is 0 Å². The molecule has 0 aliphatic rings. The minimum absolute atomic E-state index is 0.184. The number of nitrogens with one attached hydrogen (secondary N) is 1. The zero-order chi connectivity index (χ0) is 13.4. The zero-order valence-corrected chi connectivity index (χ0v) is 12.3. The average molecular weight is 320 g/mol. The molecular formula is C13H19BrFNO2. The van der Waals surface area contributed by atoms with Crippen molar-refractivity contribution in [1.82, 2.24) is 0 Å². The molecule has 0 unspecified atom stereocenters. The van der Waals surface area contributed by atoms with Crippen LogP contribution in [0.4, 0.5) is 10.1 Å². The fourth-order valence-electron chi connectivity index (χ4n) is 1.53. The smallest absolute Gasteiger partial charge is 0.159 e. The van der Waals surface area contributed by atoms with E-state index in [-0.39, 0.29) is 12.1 Å². The Bertz CT molecular complexity index is 357. The van der Waals surface area contributed by atoms with Crippen LogP contribution in [0.3, 0.4) is 0 Å². The third-order valence-electron chi connectivity index (χ3n) is 2.33. The van der Waals surface area contributed by atoms with E-state index in [1.165, 1.54) is 6.07 Å². The van der Waals surface area contributed by atoms with E-state index in [9.17, 15) is 4.39 Å². The summed E-state index contributed by atoms with van der Waals surface area (Å²) >= 11 is 3.15. The van der Waals surface area contributed by atoms with Gasteiger partial charge in [0.05, 0.1) is 4.47 Å². The molecule has 1 N–H and O–H groups in total. The maximum Gasteiger partial charge on any atom is 0.159 e. The van der Waals surface area contributed by atoms with E-state index in [0.29, 0.717) is 24.2 Å². The SMILES string of the molecule is CCOC(CCNc1ccc(F)c(Br)c1)OCC. The van der Waals surface area contributed by atoms with Crippen LogP contribution in [-0.4, -0.2) is 26.0 Å². The molecule has 0 heterocycles. The lowest BCUT2D eigenvalue weighted by atomic mass is 10.3. The lowest BCUT2D eigenvalue weighted by Crippen LogP contribution is -2.21. The Balaban J connectivity index is 2.37. The summed E-state index contributed by atoms with van der Waals surface area (Å²) in [5.74, 6) is -0.262. The van der Waals surface area contributed by atoms with E-state index >= 15 is 0 Å². The van der Waals surface area contributed by atoms with Gasteiger partial charge < -0.3 is 14.8 Å². The van der Waals surface area contributed by atoms with E-state index in [1.54, 1.807) is 12.1 Å². The van der Waals surface area contributed by atoms with Crippen LogP contribution in [0.2, 0.25) is 0 Å². The molecule has 0 fully saturated rings. The first-order valence-electron chi connectivity index (χ1n) is 6.09. The van der Waals surface area contributed by atoms with E-state index in [1.807, 2.05) is 13.8 Å². The summed E-state index contributed by atoms with van der Waals surface area (Å²) in [5, 5.41) is 3.20. The largest absolute Gasteiger partial charge is 0.385 e. The topological polar surface area (TPSA) is 30.5 Å². The van der Waals surface area contributed by atoms with Crippen LogP contribution < -0.4 is 5.32 Å². The first-order chi connectivity index (χ1) is 8.67. The van der Waals surface area contributed by atoms with Crippen molar-refractivity contribution in [3.63, 3.8) is 0 Å². The molecule has 0 atom stereocenters. The predicted octanol–water partition coefficient (Wildman–Crippen LogP) is 3.79. The maximum absolute atomic E-state index is 13.0. The van der Waals surface area contributed by atoms with Crippen molar-refractivity contribution in [1.29, 1.82) is 0 Å². The molecule has 0 saturated heterocycles. The summed E-state index contributed by atoms with van der Waals surface area (Å²) in [4.78, 5) is 0.